The number of nitrogens with one attached hydrogen (secondary N) is 1. The molecule has 0 spiro atoms. The minimum atomic E-state index is -0.967. The van der Waals surface area contributed by atoms with E-state index in [1.165, 1.54) is 6.07 Å². The fraction of sp³-hybridized carbons (Fsp3) is 0.333. The zero-order valence-corrected chi connectivity index (χ0v) is 9.42. The Morgan fingerprint density at radius 1 is 1.56 bits per heavy atom. The fourth-order valence-corrected chi connectivity index (χ4v) is 1.52. The van der Waals surface area contributed by atoms with Gasteiger partial charge >= 0.3 is 0 Å². The summed E-state index contributed by atoms with van der Waals surface area (Å²) in [6.07, 6.45) is 1.54. The standard InChI is InChI=1S/C9H11FN2O3S/c1-16(15)5-4-11-8-3-2-7(10)6-9(8)12(13)14/h2-3,6,11H,4-5H2,1H3. The molecule has 0 aliphatic heterocycles. The summed E-state index contributed by atoms with van der Waals surface area (Å²) < 4.78 is 23.6. The van der Waals surface area contributed by atoms with E-state index in [0.29, 0.717) is 12.3 Å². The van der Waals surface area contributed by atoms with Gasteiger partial charge in [-0.25, -0.2) is 4.39 Å². The molecule has 0 aliphatic carbocycles. The van der Waals surface area contributed by atoms with Crippen LogP contribution < -0.4 is 5.32 Å². The van der Waals surface area contributed by atoms with Gasteiger partial charge in [0.15, 0.2) is 0 Å². The number of hydrogen-bond donors (Lipinski definition) is 1. The molecule has 0 bridgehead atoms. The first-order valence-electron chi connectivity index (χ1n) is 4.48. The molecule has 1 aromatic rings. The Labute approximate surface area is 94.3 Å². The first kappa shape index (κ1) is 12.6. The van der Waals surface area contributed by atoms with Gasteiger partial charge in [-0.2, -0.15) is 0 Å². The molecule has 0 aliphatic rings. The van der Waals surface area contributed by atoms with E-state index < -0.39 is 21.5 Å². The summed E-state index contributed by atoms with van der Waals surface area (Å²) >= 11 is 0. The zero-order valence-electron chi connectivity index (χ0n) is 8.60. The number of hydrogen-bond acceptors (Lipinski definition) is 4. The van der Waals surface area contributed by atoms with Gasteiger partial charge in [0.05, 0.1) is 11.0 Å². The molecule has 0 aromatic heterocycles. The highest BCUT2D eigenvalue weighted by Gasteiger charge is 2.14. The highest BCUT2D eigenvalue weighted by molar-refractivity contribution is 7.84. The number of anilines is 1. The van der Waals surface area contributed by atoms with Gasteiger partial charge in [0.2, 0.25) is 0 Å². The van der Waals surface area contributed by atoms with Crippen molar-refractivity contribution in [1.82, 2.24) is 0 Å². The van der Waals surface area contributed by atoms with E-state index in [4.69, 9.17) is 0 Å². The van der Waals surface area contributed by atoms with Gasteiger partial charge in [-0.3, -0.25) is 14.3 Å². The van der Waals surface area contributed by atoms with Gasteiger partial charge in [-0.15, -0.1) is 0 Å². The summed E-state index contributed by atoms with van der Waals surface area (Å²) in [7, 11) is -0.967. The SMILES string of the molecule is CS(=O)CCNc1ccc(F)cc1[N+](=O)[O-]. The van der Waals surface area contributed by atoms with Crippen molar-refractivity contribution >= 4 is 22.2 Å². The molecule has 0 amide bonds. The lowest BCUT2D eigenvalue weighted by Crippen LogP contribution is -2.11. The monoisotopic (exact) mass is 246 g/mol. The quantitative estimate of drug-likeness (QED) is 0.631. The second-order valence-corrected chi connectivity index (χ2v) is 4.68. The first-order valence-corrected chi connectivity index (χ1v) is 6.21. The Morgan fingerprint density at radius 2 is 2.25 bits per heavy atom. The van der Waals surface area contributed by atoms with Crippen LogP contribution >= 0.6 is 0 Å². The summed E-state index contributed by atoms with van der Waals surface area (Å²) in [5, 5.41) is 13.4. The molecule has 0 saturated heterocycles. The van der Waals surface area contributed by atoms with Crippen LogP contribution in [0.3, 0.4) is 0 Å². The predicted molar refractivity (Wildman–Crippen MR) is 60.5 cm³/mol. The lowest BCUT2D eigenvalue weighted by Gasteiger charge is -2.05. The summed E-state index contributed by atoms with van der Waals surface area (Å²) in [5.74, 6) is -0.273. The second-order valence-electron chi connectivity index (χ2n) is 3.12. The van der Waals surface area contributed by atoms with Crippen molar-refractivity contribution < 1.29 is 13.5 Å². The minimum absolute atomic E-state index is 0.233. The van der Waals surface area contributed by atoms with Gasteiger partial charge in [0, 0.05) is 29.4 Å². The van der Waals surface area contributed by atoms with E-state index in [9.17, 15) is 18.7 Å². The van der Waals surface area contributed by atoms with Gasteiger partial charge in [-0.1, -0.05) is 0 Å². The molecular formula is C9H11FN2O3S. The third-order valence-corrected chi connectivity index (χ3v) is 2.64. The van der Waals surface area contributed by atoms with Gasteiger partial charge in [0.1, 0.15) is 11.5 Å². The van der Waals surface area contributed by atoms with E-state index in [1.807, 2.05) is 0 Å². The molecular weight excluding hydrogens is 235 g/mol. The van der Waals surface area contributed by atoms with Gasteiger partial charge < -0.3 is 5.32 Å². The largest absolute Gasteiger partial charge is 0.379 e. The molecule has 1 atom stereocenters. The molecule has 5 nitrogen and oxygen atoms in total. The molecule has 1 aromatic carbocycles. The number of halogens is 1. The van der Waals surface area contributed by atoms with E-state index in [0.717, 1.165) is 12.1 Å². The normalized spacial score (nSPS) is 12.1. The van der Waals surface area contributed by atoms with Crippen LogP contribution in [0.25, 0.3) is 0 Å². The van der Waals surface area contributed by atoms with Crippen molar-refractivity contribution in [1.29, 1.82) is 0 Å². The average Bonchev–Trinajstić information content (AvgIpc) is 2.19. The van der Waals surface area contributed by atoms with E-state index >= 15 is 0 Å². The fourth-order valence-electron chi connectivity index (χ4n) is 1.13. The summed E-state index contributed by atoms with van der Waals surface area (Å²) in [6, 6.07) is 3.29. The second kappa shape index (κ2) is 5.55. The summed E-state index contributed by atoms with van der Waals surface area (Å²) in [6.45, 7) is 0.343. The predicted octanol–water partition coefficient (Wildman–Crippen LogP) is 1.52. The van der Waals surface area contributed by atoms with Crippen LogP contribution in [0.5, 0.6) is 0 Å². The van der Waals surface area contributed by atoms with Crippen molar-refractivity contribution in [2.24, 2.45) is 0 Å². The van der Waals surface area contributed by atoms with Crippen LogP contribution in [0.4, 0.5) is 15.8 Å². The van der Waals surface area contributed by atoms with Gasteiger partial charge in [0.25, 0.3) is 5.69 Å². The van der Waals surface area contributed by atoms with Crippen molar-refractivity contribution in [3.05, 3.63) is 34.1 Å². The van der Waals surface area contributed by atoms with Gasteiger partial charge in [-0.05, 0) is 12.1 Å². The maximum absolute atomic E-state index is 12.8. The average molecular weight is 246 g/mol. The zero-order chi connectivity index (χ0) is 12.1. The van der Waals surface area contributed by atoms with Crippen LogP contribution in [0.1, 0.15) is 0 Å². The summed E-state index contributed by atoms with van der Waals surface area (Å²) in [5.41, 5.74) is -0.0845. The number of nitro groups is 1. The maximum Gasteiger partial charge on any atom is 0.295 e. The number of nitro benzene ring substituents is 1. The lowest BCUT2D eigenvalue weighted by atomic mass is 10.2. The molecule has 1 N–H and O–H groups in total. The van der Waals surface area contributed by atoms with Crippen LogP contribution in [0.15, 0.2) is 18.2 Å². The van der Waals surface area contributed by atoms with Crippen LogP contribution in [-0.2, 0) is 10.8 Å². The number of nitrogens with zero attached hydrogens (tertiary/aromatic N) is 1. The van der Waals surface area contributed by atoms with Crippen LogP contribution in [0, 0.1) is 15.9 Å². The van der Waals surface area contributed by atoms with E-state index in [2.05, 4.69) is 5.32 Å². The number of benzene rings is 1. The Balaban J connectivity index is 2.78. The maximum atomic E-state index is 12.8. The first-order chi connectivity index (χ1) is 7.50. The molecule has 88 valence electrons. The molecule has 0 heterocycles. The van der Waals surface area contributed by atoms with Crippen molar-refractivity contribution in [2.75, 3.05) is 23.9 Å². The van der Waals surface area contributed by atoms with Crippen molar-refractivity contribution in [3.8, 4) is 0 Å². The molecule has 1 unspecified atom stereocenters. The smallest absolute Gasteiger partial charge is 0.295 e. The topological polar surface area (TPSA) is 72.2 Å². The van der Waals surface area contributed by atoms with Crippen LogP contribution in [0.2, 0.25) is 0 Å². The van der Waals surface area contributed by atoms with E-state index in [-0.39, 0.29) is 11.4 Å². The molecule has 0 fully saturated rings. The van der Waals surface area contributed by atoms with Crippen molar-refractivity contribution in [2.45, 2.75) is 0 Å². The number of rotatable bonds is 5. The molecule has 7 heteroatoms. The highest BCUT2D eigenvalue weighted by Crippen LogP contribution is 2.24. The summed E-state index contributed by atoms with van der Waals surface area (Å²) in [4.78, 5) is 9.95. The lowest BCUT2D eigenvalue weighted by molar-refractivity contribution is -0.384. The van der Waals surface area contributed by atoms with Crippen LogP contribution in [-0.4, -0.2) is 27.7 Å². The molecule has 16 heavy (non-hydrogen) atoms. The Bertz CT molecular complexity index is 425. The Hall–Kier alpha value is -1.50. The third-order valence-electron chi connectivity index (χ3n) is 1.86. The minimum Gasteiger partial charge on any atom is -0.379 e. The highest BCUT2D eigenvalue weighted by atomic mass is 32.2. The molecule has 0 radical (unpaired) electrons. The third kappa shape index (κ3) is 3.58. The Morgan fingerprint density at radius 3 is 2.81 bits per heavy atom. The Kier molecular flexibility index (Phi) is 4.36. The van der Waals surface area contributed by atoms with Crippen molar-refractivity contribution in [3.63, 3.8) is 0 Å². The molecule has 0 saturated carbocycles. The molecule has 1 rings (SSSR count). The van der Waals surface area contributed by atoms with E-state index in [1.54, 1.807) is 6.26 Å².